The summed E-state index contributed by atoms with van der Waals surface area (Å²) in [6.45, 7) is 2.03. The monoisotopic (exact) mass is 459 g/mol. The molecule has 2 heterocycles. The van der Waals surface area contributed by atoms with Gasteiger partial charge in [0, 0.05) is 10.7 Å². The lowest BCUT2D eigenvalue weighted by Crippen LogP contribution is -2.20. The van der Waals surface area contributed by atoms with Crippen LogP contribution in [-0.4, -0.2) is 20.7 Å². The second kappa shape index (κ2) is 8.52. The van der Waals surface area contributed by atoms with Crippen LogP contribution in [0.4, 0.5) is 16.3 Å². The fraction of sp³-hybridized carbons (Fsp3) is 0.0800. The third-order valence-corrected chi connectivity index (χ3v) is 5.74. The van der Waals surface area contributed by atoms with E-state index in [2.05, 4.69) is 20.7 Å². The molecule has 8 heteroatoms. The number of aromatic nitrogens is 3. The molecule has 0 saturated heterocycles. The first-order chi connectivity index (χ1) is 16.0. The predicted molar refractivity (Wildman–Crippen MR) is 127 cm³/mol. The number of anilines is 2. The molecule has 0 fully saturated rings. The third kappa shape index (κ3) is 4.10. The van der Waals surface area contributed by atoms with Gasteiger partial charge in [-0.1, -0.05) is 71.8 Å². The fourth-order valence-electron chi connectivity index (χ4n) is 3.70. The molecule has 1 aromatic heterocycles. The Labute approximate surface area is 194 Å². The molecule has 1 aliphatic rings. The Kier molecular flexibility index (Phi) is 5.40. The number of allylic oxidation sites excluding steroid dienone is 1. The van der Waals surface area contributed by atoms with Gasteiger partial charge in [-0.25, -0.2) is 9.07 Å². The minimum Gasteiger partial charge on any atom is -0.324 e. The zero-order valence-corrected chi connectivity index (χ0v) is 18.3. The van der Waals surface area contributed by atoms with Gasteiger partial charge < -0.3 is 5.32 Å². The SMILES string of the molecule is Cc1ccc(C2=C[C@@H](c3ccccc3Cl)n3nc(NC(=O)c4ccccc4F)nc3N2)cc1. The average molecular weight is 460 g/mol. The van der Waals surface area contributed by atoms with Crippen molar-refractivity contribution in [2.24, 2.45) is 0 Å². The van der Waals surface area contributed by atoms with Gasteiger partial charge in [0.1, 0.15) is 11.9 Å². The summed E-state index contributed by atoms with van der Waals surface area (Å²) in [5.74, 6) is -0.755. The van der Waals surface area contributed by atoms with E-state index in [0.29, 0.717) is 11.0 Å². The van der Waals surface area contributed by atoms with E-state index in [1.165, 1.54) is 18.2 Å². The van der Waals surface area contributed by atoms with E-state index in [9.17, 15) is 9.18 Å². The molecular weight excluding hydrogens is 441 g/mol. The predicted octanol–water partition coefficient (Wildman–Crippen LogP) is 5.69. The van der Waals surface area contributed by atoms with Crippen LogP contribution in [0.1, 0.15) is 33.1 Å². The van der Waals surface area contributed by atoms with Crippen molar-refractivity contribution in [3.8, 4) is 0 Å². The van der Waals surface area contributed by atoms with Gasteiger partial charge in [0.05, 0.1) is 5.56 Å². The van der Waals surface area contributed by atoms with Crippen molar-refractivity contribution in [3.05, 3.63) is 112 Å². The van der Waals surface area contributed by atoms with Crippen molar-refractivity contribution >= 4 is 35.1 Å². The van der Waals surface area contributed by atoms with Crippen LogP contribution >= 0.6 is 11.6 Å². The molecule has 6 nitrogen and oxygen atoms in total. The van der Waals surface area contributed by atoms with Crippen molar-refractivity contribution in [2.75, 3.05) is 10.6 Å². The van der Waals surface area contributed by atoms with E-state index < -0.39 is 11.7 Å². The van der Waals surface area contributed by atoms with Crippen molar-refractivity contribution in [2.45, 2.75) is 13.0 Å². The molecular formula is C25H19ClFN5O. The van der Waals surface area contributed by atoms with Crippen LogP contribution in [-0.2, 0) is 0 Å². The molecule has 0 radical (unpaired) electrons. The number of halogens is 2. The van der Waals surface area contributed by atoms with E-state index in [-0.39, 0.29) is 17.6 Å². The first-order valence-corrected chi connectivity index (χ1v) is 10.7. The first-order valence-electron chi connectivity index (χ1n) is 10.3. The van der Waals surface area contributed by atoms with E-state index >= 15 is 0 Å². The molecule has 1 aliphatic heterocycles. The second-order valence-electron chi connectivity index (χ2n) is 7.68. The van der Waals surface area contributed by atoms with Crippen LogP contribution in [0.5, 0.6) is 0 Å². The number of hydrogen-bond donors (Lipinski definition) is 2. The Morgan fingerprint density at radius 1 is 1.06 bits per heavy atom. The van der Waals surface area contributed by atoms with Crippen molar-refractivity contribution in [1.82, 2.24) is 14.8 Å². The number of carbonyl (C=O) groups excluding carboxylic acids is 1. The quantitative estimate of drug-likeness (QED) is 0.411. The maximum Gasteiger partial charge on any atom is 0.261 e. The maximum absolute atomic E-state index is 14.0. The Bertz CT molecular complexity index is 1380. The number of rotatable bonds is 4. The molecule has 4 aromatic rings. The third-order valence-electron chi connectivity index (χ3n) is 5.40. The Hall–Kier alpha value is -3.97. The summed E-state index contributed by atoms with van der Waals surface area (Å²) in [4.78, 5) is 17.0. The highest BCUT2D eigenvalue weighted by Crippen LogP contribution is 2.36. The van der Waals surface area contributed by atoms with Crippen LogP contribution in [0, 0.1) is 12.7 Å². The number of carbonyl (C=O) groups is 1. The summed E-state index contributed by atoms with van der Waals surface area (Å²) in [6, 6.07) is 21.0. The largest absolute Gasteiger partial charge is 0.324 e. The summed E-state index contributed by atoms with van der Waals surface area (Å²) in [7, 11) is 0. The summed E-state index contributed by atoms with van der Waals surface area (Å²) >= 11 is 6.50. The summed E-state index contributed by atoms with van der Waals surface area (Å²) in [5, 5.41) is 10.9. The van der Waals surface area contributed by atoms with E-state index in [4.69, 9.17) is 11.6 Å². The zero-order chi connectivity index (χ0) is 22.9. The van der Waals surface area contributed by atoms with Crippen molar-refractivity contribution in [1.29, 1.82) is 0 Å². The van der Waals surface area contributed by atoms with Gasteiger partial charge in [-0.15, -0.1) is 5.10 Å². The Morgan fingerprint density at radius 2 is 1.79 bits per heavy atom. The smallest absolute Gasteiger partial charge is 0.261 e. The molecule has 33 heavy (non-hydrogen) atoms. The molecule has 2 N–H and O–H groups in total. The van der Waals surface area contributed by atoms with Crippen LogP contribution in [0.15, 0.2) is 78.9 Å². The lowest BCUT2D eigenvalue weighted by molar-refractivity contribution is 0.102. The summed E-state index contributed by atoms with van der Waals surface area (Å²) in [6.07, 6.45) is 2.01. The van der Waals surface area contributed by atoms with Crippen LogP contribution < -0.4 is 10.6 Å². The standard InChI is InChI=1S/C25H19ClFN5O/c1-15-10-12-16(13-11-15)21-14-22(17-6-2-4-8-19(17)26)32-25(28-21)30-24(31-32)29-23(33)18-7-3-5-9-20(18)27/h2-14,22H,1H3,(H2,28,29,30,31,33)/t22-/m0/s1. The Morgan fingerprint density at radius 3 is 2.55 bits per heavy atom. The number of amides is 1. The lowest BCUT2D eigenvalue weighted by Gasteiger charge is -2.25. The van der Waals surface area contributed by atoms with E-state index in [1.807, 2.05) is 61.5 Å². The number of nitrogens with one attached hydrogen (secondary N) is 2. The molecule has 5 rings (SSSR count). The first kappa shape index (κ1) is 20.9. The molecule has 0 spiro atoms. The molecule has 1 atom stereocenters. The Balaban J connectivity index is 1.53. The highest BCUT2D eigenvalue weighted by atomic mass is 35.5. The molecule has 164 valence electrons. The van der Waals surface area contributed by atoms with Crippen molar-refractivity contribution < 1.29 is 9.18 Å². The van der Waals surface area contributed by atoms with Gasteiger partial charge in [-0.05, 0) is 42.3 Å². The second-order valence-corrected chi connectivity index (χ2v) is 8.08. The van der Waals surface area contributed by atoms with Gasteiger partial charge >= 0.3 is 0 Å². The minimum absolute atomic E-state index is 0.0568. The number of nitrogens with zero attached hydrogens (tertiary/aromatic N) is 3. The van der Waals surface area contributed by atoms with Gasteiger partial charge in [0.2, 0.25) is 5.95 Å². The average Bonchev–Trinajstić information content (AvgIpc) is 3.22. The number of benzene rings is 3. The number of aryl methyl sites for hydroxylation is 1. The van der Waals surface area contributed by atoms with Crippen LogP contribution in [0.3, 0.4) is 0 Å². The highest BCUT2D eigenvalue weighted by molar-refractivity contribution is 6.31. The van der Waals surface area contributed by atoms with Gasteiger partial charge in [-0.2, -0.15) is 4.98 Å². The van der Waals surface area contributed by atoms with Gasteiger partial charge in [0.25, 0.3) is 11.9 Å². The molecule has 0 aliphatic carbocycles. The van der Waals surface area contributed by atoms with E-state index in [1.54, 1.807) is 10.7 Å². The number of hydrogen-bond acceptors (Lipinski definition) is 4. The highest BCUT2D eigenvalue weighted by Gasteiger charge is 2.27. The summed E-state index contributed by atoms with van der Waals surface area (Å²) in [5.41, 5.74) is 3.72. The van der Waals surface area contributed by atoms with Gasteiger partial charge in [-0.3, -0.25) is 10.1 Å². The lowest BCUT2D eigenvalue weighted by atomic mass is 10.0. The topological polar surface area (TPSA) is 71.8 Å². The van der Waals surface area contributed by atoms with Crippen LogP contribution in [0.2, 0.25) is 5.02 Å². The fourth-order valence-corrected chi connectivity index (χ4v) is 3.95. The van der Waals surface area contributed by atoms with Crippen LogP contribution in [0.25, 0.3) is 5.70 Å². The molecule has 0 unspecified atom stereocenters. The van der Waals surface area contributed by atoms with E-state index in [0.717, 1.165) is 22.4 Å². The molecule has 1 amide bonds. The summed E-state index contributed by atoms with van der Waals surface area (Å²) < 4.78 is 15.7. The maximum atomic E-state index is 14.0. The van der Waals surface area contributed by atoms with Gasteiger partial charge in [0.15, 0.2) is 0 Å². The zero-order valence-electron chi connectivity index (χ0n) is 17.6. The molecule has 0 saturated carbocycles. The molecule has 0 bridgehead atoms. The number of fused-ring (bicyclic) bond motifs is 1. The minimum atomic E-state index is -0.628. The van der Waals surface area contributed by atoms with Crippen molar-refractivity contribution in [3.63, 3.8) is 0 Å². The molecule has 3 aromatic carbocycles. The normalized spacial score (nSPS) is 14.8.